The Balaban J connectivity index is 1.53. The van der Waals surface area contributed by atoms with Gasteiger partial charge in [0.1, 0.15) is 23.7 Å². The molecule has 1 heterocycles. The standard InChI is InChI=1S/C21H21FN4O/c1-15-4-2-3-5-17(15)13-24-20-12-19(25-14-26-20)21(27)23-11-10-16-6-8-18(22)9-7-16/h2-9,12,14H,10-11,13H2,1H3,(H,23,27)(H,24,25,26). The molecular weight excluding hydrogens is 343 g/mol. The number of rotatable bonds is 7. The van der Waals surface area contributed by atoms with Gasteiger partial charge in [-0.1, -0.05) is 36.4 Å². The summed E-state index contributed by atoms with van der Waals surface area (Å²) >= 11 is 0. The minimum absolute atomic E-state index is 0.265. The minimum atomic E-state index is -0.269. The lowest BCUT2D eigenvalue weighted by molar-refractivity contribution is 0.0949. The SMILES string of the molecule is Cc1ccccc1CNc1cc(C(=O)NCCc2ccc(F)cc2)ncn1. The van der Waals surface area contributed by atoms with E-state index >= 15 is 0 Å². The fourth-order valence-electron chi connectivity index (χ4n) is 2.63. The van der Waals surface area contributed by atoms with E-state index in [0.29, 0.717) is 31.0 Å². The number of nitrogens with zero attached hydrogens (tertiary/aromatic N) is 2. The van der Waals surface area contributed by atoms with Gasteiger partial charge in [0.15, 0.2) is 0 Å². The second-order valence-corrected chi connectivity index (χ2v) is 6.20. The number of carbonyl (C=O) groups excluding carboxylic acids is 1. The van der Waals surface area contributed by atoms with Crippen LogP contribution in [0.25, 0.3) is 0 Å². The molecule has 3 aromatic rings. The second kappa shape index (κ2) is 8.89. The fourth-order valence-corrected chi connectivity index (χ4v) is 2.63. The Morgan fingerprint density at radius 1 is 1.07 bits per heavy atom. The number of benzene rings is 2. The number of hydrogen-bond acceptors (Lipinski definition) is 4. The Morgan fingerprint density at radius 3 is 2.63 bits per heavy atom. The molecule has 0 fully saturated rings. The smallest absolute Gasteiger partial charge is 0.270 e. The molecule has 0 atom stereocenters. The van der Waals surface area contributed by atoms with Crippen LogP contribution in [-0.4, -0.2) is 22.4 Å². The molecule has 1 amide bonds. The van der Waals surface area contributed by atoms with Crippen LogP contribution in [0.4, 0.5) is 10.2 Å². The Bertz CT molecular complexity index is 912. The molecule has 1 aromatic heterocycles. The van der Waals surface area contributed by atoms with E-state index in [2.05, 4.69) is 33.6 Å². The first-order valence-electron chi connectivity index (χ1n) is 8.75. The maximum atomic E-state index is 12.9. The Hall–Kier alpha value is -3.28. The summed E-state index contributed by atoms with van der Waals surface area (Å²) in [6, 6.07) is 16.0. The van der Waals surface area contributed by atoms with Crippen molar-refractivity contribution >= 4 is 11.7 Å². The van der Waals surface area contributed by atoms with Crippen molar-refractivity contribution < 1.29 is 9.18 Å². The predicted octanol–water partition coefficient (Wildman–Crippen LogP) is 3.51. The van der Waals surface area contributed by atoms with Gasteiger partial charge < -0.3 is 10.6 Å². The number of halogens is 1. The molecule has 0 unspecified atom stereocenters. The quantitative estimate of drug-likeness (QED) is 0.673. The fraction of sp³-hybridized carbons (Fsp3) is 0.190. The Kier molecular flexibility index (Phi) is 6.10. The van der Waals surface area contributed by atoms with Crippen molar-refractivity contribution in [1.29, 1.82) is 0 Å². The normalized spacial score (nSPS) is 10.4. The summed E-state index contributed by atoms with van der Waals surface area (Å²) in [5, 5.41) is 6.04. The molecule has 2 aromatic carbocycles. The van der Waals surface area contributed by atoms with E-state index in [4.69, 9.17) is 0 Å². The maximum Gasteiger partial charge on any atom is 0.270 e. The van der Waals surface area contributed by atoms with Gasteiger partial charge in [0.25, 0.3) is 5.91 Å². The van der Waals surface area contributed by atoms with Gasteiger partial charge in [-0.25, -0.2) is 14.4 Å². The van der Waals surface area contributed by atoms with Crippen LogP contribution >= 0.6 is 0 Å². The predicted molar refractivity (Wildman–Crippen MR) is 103 cm³/mol. The topological polar surface area (TPSA) is 66.9 Å². The van der Waals surface area contributed by atoms with E-state index in [0.717, 1.165) is 5.56 Å². The first-order chi connectivity index (χ1) is 13.1. The number of anilines is 1. The van der Waals surface area contributed by atoms with Crippen molar-refractivity contribution in [3.8, 4) is 0 Å². The Morgan fingerprint density at radius 2 is 1.85 bits per heavy atom. The molecule has 6 heteroatoms. The van der Waals surface area contributed by atoms with E-state index in [-0.39, 0.29) is 11.7 Å². The monoisotopic (exact) mass is 364 g/mol. The van der Waals surface area contributed by atoms with Crippen molar-refractivity contribution in [1.82, 2.24) is 15.3 Å². The number of hydrogen-bond donors (Lipinski definition) is 2. The molecule has 27 heavy (non-hydrogen) atoms. The number of nitrogens with one attached hydrogen (secondary N) is 2. The number of aryl methyl sites for hydroxylation is 1. The number of carbonyl (C=O) groups is 1. The third kappa shape index (κ3) is 5.34. The number of amides is 1. The molecule has 0 radical (unpaired) electrons. The summed E-state index contributed by atoms with van der Waals surface area (Å²) in [7, 11) is 0. The van der Waals surface area contributed by atoms with Crippen molar-refractivity contribution in [2.45, 2.75) is 19.9 Å². The zero-order valence-electron chi connectivity index (χ0n) is 15.1. The molecule has 0 aliphatic carbocycles. The highest BCUT2D eigenvalue weighted by molar-refractivity contribution is 5.92. The molecule has 0 bridgehead atoms. The van der Waals surface area contributed by atoms with E-state index in [9.17, 15) is 9.18 Å². The molecule has 2 N–H and O–H groups in total. The molecule has 0 aliphatic rings. The van der Waals surface area contributed by atoms with Crippen molar-refractivity contribution in [3.63, 3.8) is 0 Å². The molecule has 0 aliphatic heterocycles. The molecular formula is C21H21FN4O. The van der Waals surface area contributed by atoms with Gasteiger partial charge in [-0.2, -0.15) is 0 Å². The van der Waals surface area contributed by atoms with Crippen LogP contribution < -0.4 is 10.6 Å². The van der Waals surface area contributed by atoms with Gasteiger partial charge in [-0.15, -0.1) is 0 Å². The van der Waals surface area contributed by atoms with Crippen LogP contribution in [0.15, 0.2) is 60.9 Å². The summed E-state index contributed by atoms with van der Waals surface area (Å²) < 4.78 is 12.9. The Labute approximate surface area is 157 Å². The summed E-state index contributed by atoms with van der Waals surface area (Å²) in [6.07, 6.45) is 1.99. The van der Waals surface area contributed by atoms with Crippen LogP contribution in [-0.2, 0) is 13.0 Å². The largest absolute Gasteiger partial charge is 0.366 e. The molecule has 0 saturated heterocycles. The zero-order valence-corrected chi connectivity index (χ0v) is 15.1. The lowest BCUT2D eigenvalue weighted by atomic mass is 10.1. The van der Waals surface area contributed by atoms with Crippen LogP contribution in [0.5, 0.6) is 0 Å². The lowest BCUT2D eigenvalue weighted by Gasteiger charge is -2.09. The average molecular weight is 364 g/mol. The van der Waals surface area contributed by atoms with Gasteiger partial charge in [-0.05, 0) is 42.2 Å². The summed E-state index contributed by atoms with van der Waals surface area (Å²) in [4.78, 5) is 20.5. The van der Waals surface area contributed by atoms with E-state index < -0.39 is 0 Å². The molecule has 5 nitrogen and oxygen atoms in total. The summed E-state index contributed by atoms with van der Waals surface area (Å²) in [5.41, 5.74) is 3.62. The van der Waals surface area contributed by atoms with Crippen molar-refractivity contribution in [3.05, 3.63) is 89.1 Å². The second-order valence-electron chi connectivity index (χ2n) is 6.20. The first kappa shape index (κ1) is 18.5. The zero-order chi connectivity index (χ0) is 19.1. The van der Waals surface area contributed by atoms with Crippen LogP contribution in [0, 0.1) is 12.7 Å². The summed E-state index contributed by atoms with van der Waals surface area (Å²) in [5.74, 6) is 0.0601. The third-order valence-electron chi connectivity index (χ3n) is 4.23. The van der Waals surface area contributed by atoms with Crippen molar-refractivity contribution in [2.75, 3.05) is 11.9 Å². The van der Waals surface area contributed by atoms with Gasteiger partial charge in [0.05, 0.1) is 0 Å². The molecule has 138 valence electrons. The van der Waals surface area contributed by atoms with E-state index in [1.165, 1.54) is 29.6 Å². The average Bonchev–Trinajstić information content (AvgIpc) is 2.69. The molecule has 0 saturated carbocycles. The maximum absolute atomic E-state index is 12.9. The number of aromatic nitrogens is 2. The van der Waals surface area contributed by atoms with Crippen molar-refractivity contribution in [2.24, 2.45) is 0 Å². The minimum Gasteiger partial charge on any atom is -0.366 e. The van der Waals surface area contributed by atoms with Gasteiger partial charge in [-0.3, -0.25) is 4.79 Å². The molecule has 0 spiro atoms. The third-order valence-corrected chi connectivity index (χ3v) is 4.23. The highest BCUT2D eigenvalue weighted by Crippen LogP contribution is 2.11. The van der Waals surface area contributed by atoms with E-state index in [1.54, 1.807) is 18.2 Å². The highest BCUT2D eigenvalue weighted by atomic mass is 19.1. The lowest BCUT2D eigenvalue weighted by Crippen LogP contribution is -2.26. The van der Waals surface area contributed by atoms with E-state index in [1.807, 2.05) is 18.2 Å². The van der Waals surface area contributed by atoms with Crippen LogP contribution in [0.3, 0.4) is 0 Å². The van der Waals surface area contributed by atoms with Crippen LogP contribution in [0.1, 0.15) is 27.2 Å². The van der Waals surface area contributed by atoms with Gasteiger partial charge in [0.2, 0.25) is 0 Å². The molecule has 3 rings (SSSR count). The summed E-state index contributed by atoms with van der Waals surface area (Å²) in [6.45, 7) is 3.12. The van der Waals surface area contributed by atoms with Crippen LogP contribution in [0.2, 0.25) is 0 Å². The van der Waals surface area contributed by atoms with Gasteiger partial charge in [0, 0.05) is 19.2 Å². The first-order valence-corrected chi connectivity index (χ1v) is 8.75. The highest BCUT2D eigenvalue weighted by Gasteiger charge is 2.08. The van der Waals surface area contributed by atoms with Gasteiger partial charge >= 0.3 is 0 Å².